The van der Waals surface area contributed by atoms with Crippen LogP contribution in [0.25, 0.3) is 11.0 Å². The van der Waals surface area contributed by atoms with Crippen molar-refractivity contribution in [2.75, 3.05) is 12.9 Å². The van der Waals surface area contributed by atoms with Crippen LogP contribution in [0.3, 0.4) is 0 Å². The van der Waals surface area contributed by atoms with E-state index >= 15 is 0 Å². The van der Waals surface area contributed by atoms with Gasteiger partial charge in [0, 0.05) is 4.90 Å². The van der Waals surface area contributed by atoms with Crippen molar-refractivity contribution in [3.05, 3.63) is 54.4 Å². The number of hydrogen-bond acceptors (Lipinski definition) is 5. The van der Waals surface area contributed by atoms with Crippen molar-refractivity contribution in [3.63, 3.8) is 0 Å². The monoisotopic (exact) mass is 392 g/mol. The summed E-state index contributed by atoms with van der Waals surface area (Å²) in [6, 6.07) is 13.8. The second kappa shape index (κ2) is 8.39. The fraction of sp³-hybridized carbons (Fsp3) is 0.263. The zero-order chi connectivity index (χ0) is 19.4. The van der Waals surface area contributed by atoms with Gasteiger partial charge < -0.3 is 9.47 Å². The van der Waals surface area contributed by atoms with Gasteiger partial charge in [-0.2, -0.15) is 8.78 Å². The first kappa shape index (κ1) is 19.2. The number of benzene rings is 2. The standard InChI is InChI=1S/C19H18F2N2O3S/c1-12(18-22-15-5-3-4-6-16(15)23(18)19(20)21)26-17(24)11-27-14-9-7-13(25-2)8-10-14/h3-10,12,19H,11H2,1-2H3. The summed E-state index contributed by atoms with van der Waals surface area (Å²) >= 11 is 1.29. The second-order valence-corrected chi connectivity index (χ2v) is 6.75. The van der Waals surface area contributed by atoms with E-state index in [1.54, 1.807) is 43.5 Å². The largest absolute Gasteiger partial charge is 0.497 e. The molecule has 0 bridgehead atoms. The van der Waals surface area contributed by atoms with Crippen LogP contribution in [0.15, 0.2) is 53.4 Å². The van der Waals surface area contributed by atoms with Crippen LogP contribution in [0.5, 0.6) is 5.75 Å². The maximum absolute atomic E-state index is 13.5. The number of para-hydroxylation sites is 2. The lowest BCUT2D eigenvalue weighted by molar-refractivity contribution is -0.146. The molecule has 0 aliphatic heterocycles. The first-order valence-corrected chi connectivity index (χ1v) is 9.19. The average Bonchev–Trinajstić information content (AvgIpc) is 3.07. The Kier molecular flexibility index (Phi) is 5.95. The second-order valence-electron chi connectivity index (χ2n) is 5.70. The number of halogens is 2. The first-order chi connectivity index (χ1) is 13.0. The molecule has 2 aromatic carbocycles. The van der Waals surface area contributed by atoms with Crippen molar-refractivity contribution in [2.45, 2.75) is 24.5 Å². The number of thioether (sulfide) groups is 1. The number of imidazole rings is 1. The molecule has 0 aliphatic carbocycles. The molecule has 0 spiro atoms. The van der Waals surface area contributed by atoms with Crippen molar-refractivity contribution in [2.24, 2.45) is 0 Å². The van der Waals surface area contributed by atoms with E-state index in [0.717, 1.165) is 15.2 Å². The SMILES string of the molecule is COc1ccc(SCC(=O)OC(C)c2nc3ccccc3n2C(F)F)cc1. The van der Waals surface area contributed by atoms with E-state index in [4.69, 9.17) is 9.47 Å². The van der Waals surface area contributed by atoms with Gasteiger partial charge in [-0.1, -0.05) is 12.1 Å². The van der Waals surface area contributed by atoms with Crippen LogP contribution in [0.4, 0.5) is 8.78 Å². The van der Waals surface area contributed by atoms with Crippen molar-refractivity contribution in [3.8, 4) is 5.75 Å². The van der Waals surface area contributed by atoms with E-state index in [-0.39, 0.29) is 11.6 Å². The van der Waals surface area contributed by atoms with Crippen LogP contribution in [-0.2, 0) is 9.53 Å². The number of fused-ring (bicyclic) bond motifs is 1. The highest BCUT2D eigenvalue weighted by atomic mass is 32.2. The summed E-state index contributed by atoms with van der Waals surface area (Å²) < 4.78 is 38.2. The van der Waals surface area contributed by atoms with E-state index < -0.39 is 18.6 Å². The molecule has 27 heavy (non-hydrogen) atoms. The lowest BCUT2D eigenvalue weighted by Crippen LogP contribution is -2.15. The van der Waals surface area contributed by atoms with Crippen molar-refractivity contribution in [1.82, 2.24) is 9.55 Å². The molecule has 0 saturated carbocycles. The number of aromatic nitrogens is 2. The Bertz CT molecular complexity index is 928. The topological polar surface area (TPSA) is 53.4 Å². The van der Waals surface area contributed by atoms with Crippen LogP contribution in [0.2, 0.25) is 0 Å². The molecule has 0 N–H and O–H groups in total. The molecular formula is C19H18F2N2O3S. The molecule has 0 saturated heterocycles. The number of ether oxygens (including phenoxy) is 2. The van der Waals surface area contributed by atoms with E-state index in [0.29, 0.717) is 11.0 Å². The molecule has 0 radical (unpaired) electrons. The average molecular weight is 392 g/mol. The van der Waals surface area contributed by atoms with Gasteiger partial charge in [-0.25, -0.2) is 4.98 Å². The Balaban J connectivity index is 1.67. The first-order valence-electron chi connectivity index (χ1n) is 8.21. The van der Waals surface area contributed by atoms with Gasteiger partial charge in [0.25, 0.3) is 0 Å². The number of methoxy groups -OCH3 is 1. The van der Waals surface area contributed by atoms with Crippen molar-refractivity contribution in [1.29, 1.82) is 0 Å². The molecule has 1 heterocycles. The quantitative estimate of drug-likeness (QED) is 0.426. The Labute approximate surface area is 159 Å². The van der Waals surface area contributed by atoms with Gasteiger partial charge in [-0.15, -0.1) is 11.8 Å². The fourth-order valence-electron chi connectivity index (χ4n) is 2.65. The molecule has 3 rings (SSSR count). The van der Waals surface area contributed by atoms with Gasteiger partial charge in [0.2, 0.25) is 0 Å². The minimum Gasteiger partial charge on any atom is -0.497 e. The highest BCUT2D eigenvalue weighted by Gasteiger charge is 2.24. The maximum atomic E-state index is 13.5. The molecule has 1 unspecified atom stereocenters. The predicted octanol–water partition coefficient (Wildman–Crippen LogP) is 4.84. The zero-order valence-electron chi connectivity index (χ0n) is 14.8. The number of carbonyl (C=O) groups is 1. The molecule has 3 aromatic rings. The van der Waals surface area contributed by atoms with Crippen molar-refractivity contribution >= 4 is 28.8 Å². The number of hydrogen-bond donors (Lipinski definition) is 0. The third-order valence-electron chi connectivity index (χ3n) is 3.91. The maximum Gasteiger partial charge on any atom is 0.320 e. The van der Waals surface area contributed by atoms with Crippen molar-refractivity contribution < 1.29 is 23.0 Å². The summed E-state index contributed by atoms with van der Waals surface area (Å²) in [6.07, 6.45) is -0.893. The Hall–Kier alpha value is -2.61. The van der Waals surface area contributed by atoms with Crippen LogP contribution in [0, 0.1) is 0 Å². The Morgan fingerprint density at radius 3 is 2.56 bits per heavy atom. The molecule has 1 atom stereocenters. The number of carbonyl (C=O) groups excluding carboxylic acids is 1. The third-order valence-corrected chi connectivity index (χ3v) is 4.89. The molecular weight excluding hydrogens is 374 g/mol. The van der Waals surface area contributed by atoms with Crippen LogP contribution < -0.4 is 4.74 Å². The van der Waals surface area contributed by atoms with Crippen LogP contribution >= 0.6 is 11.8 Å². The van der Waals surface area contributed by atoms with Gasteiger partial charge in [0.05, 0.1) is 23.9 Å². The summed E-state index contributed by atoms with van der Waals surface area (Å²) in [4.78, 5) is 17.2. The minimum absolute atomic E-state index is 0.0222. The molecule has 0 amide bonds. The summed E-state index contributed by atoms with van der Waals surface area (Å²) in [7, 11) is 1.58. The van der Waals surface area contributed by atoms with Crippen LogP contribution in [0.1, 0.15) is 25.4 Å². The number of alkyl halides is 2. The highest BCUT2D eigenvalue weighted by molar-refractivity contribution is 8.00. The Morgan fingerprint density at radius 1 is 1.19 bits per heavy atom. The smallest absolute Gasteiger partial charge is 0.320 e. The van der Waals surface area contributed by atoms with Gasteiger partial charge in [0.15, 0.2) is 11.9 Å². The molecule has 0 fully saturated rings. The molecule has 5 nitrogen and oxygen atoms in total. The van der Waals surface area contributed by atoms with E-state index in [1.165, 1.54) is 18.7 Å². The van der Waals surface area contributed by atoms with E-state index in [1.807, 2.05) is 12.1 Å². The third kappa shape index (κ3) is 4.39. The predicted molar refractivity (Wildman–Crippen MR) is 99.2 cm³/mol. The fourth-order valence-corrected chi connectivity index (χ4v) is 3.33. The Morgan fingerprint density at radius 2 is 1.89 bits per heavy atom. The molecule has 8 heteroatoms. The molecule has 142 valence electrons. The van der Waals surface area contributed by atoms with Gasteiger partial charge in [-0.05, 0) is 43.3 Å². The summed E-state index contributed by atoms with van der Waals surface area (Å²) in [5.41, 5.74) is 0.737. The number of rotatable bonds is 7. The lowest BCUT2D eigenvalue weighted by atomic mass is 10.3. The highest BCUT2D eigenvalue weighted by Crippen LogP contribution is 2.29. The summed E-state index contributed by atoms with van der Waals surface area (Å²) in [5, 5.41) is 0. The minimum atomic E-state index is -2.78. The van der Waals surface area contributed by atoms with Gasteiger partial charge in [0.1, 0.15) is 5.75 Å². The summed E-state index contributed by atoms with van der Waals surface area (Å²) in [6.45, 7) is -1.24. The summed E-state index contributed by atoms with van der Waals surface area (Å²) in [5.74, 6) is 0.303. The normalized spacial score (nSPS) is 12.3. The molecule has 1 aromatic heterocycles. The van der Waals surface area contributed by atoms with Crippen LogP contribution in [-0.4, -0.2) is 28.4 Å². The van der Waals surface area contributed by atoms with E-state index in [2.05, 4.69) is 4.98 Å². The van der Waals surface area contributed by atoms with Gasteiger partial charge in [-0.3, -0.25) is 9.36 Å². The van der Waals surface area contributed by atoms with Gasteiger partial charge >= 0.3 is 12.5 Å². The lowest BCUT2D eigenvalue weighted by Gasteiger charge is -2.15. The van der Waals surface area contributed by atoms with E-state index in [9.17, 15) is 13.6 Å². The zero-order valence-corrected chi connectivity index (χ0v) is 15.6. The molecule has 0 aliphatic rings. The number of esters is 1. The number of nitrogens with zero attached hydrogens (tertiary/aromatic N) is 2.